The summed E-state index contributed by atoms with van der Waals surface area (Å²) in [6.45, 7) is 7.73. The van der Waals surface area contributed by atoms with Crippen LogP contribution in [0.2, 0.25) is 10.0 Å². The lowest BCUT2D eigenvalue weighted by atomic mass is 9.75. The van der Waals surface area contributed by atoms with Gasteiger partial charge in [-0.15, -0.1) is 0 Å². The van der Waals surface area contributed by atoms with Crippen LogP contribution in [0.15, 0.2) is 30.9 Å². The molecule has 1 aromatic carbocycles. The minimum atomic E-state index is -1.45. The van der Waals surface area contributed by atoms with Gasteiger partial charge in [0.25, 0.3) is 0 Å². The van der Waals surface area contributed by atoms with Crippen LogP contribution < -0.4 is 5.73 Å². The van der Waals surface area contributed by atoms with E-state index in [-0.39, 0.29) is 22.2 Å². The van der Waals surface area contributed by atoms with Crippen molar-refractivity contribution in [3.63, 3.8) is 0 Å². The third-order valence-corrected chi connectivity index (χ3v) is 4.70. The first-order chi connectivity index (χ1) is 13.9. The first kappa shape index (κ1) is 25.9. The van der Waals surface area contributed by atoms with E-state index >= 15 is 0 Å². The smallest absolute Gasteiger partial charge is 0.459 e. The topological polar surface area (TPSA) is 125 Å². The molecular weight excluding hydrogens is 437 g/mol. The molecule has 0 amide bonds. The van der Waals surface area contributed by atoms with Crippen LogP contribution in [-0.2, 0) is 19.0 Å². The lowest BCUT2D eigenvalue weighted by molar-refractivity contribution is -0.151. The average Bonchev–Trinajstić information content (AvgIpc) is 2.63. The highest BCUT2D eigenvalue weighted by Gasteiger charge is 2.42. The minimum absolute atomic E-state index is 0.0571. The first-order valence-electron chi connectivity index (χ1n) is 8.94. The molecule has 1 aromatic rings. The molecule has 0 spiro atoms. The highest BCUT2D eigenvalue weighted by molar-refractivity contribution is 6.39. The largest absolute Gasteiger partial charge is 0.516 e. The summed E-state index contributed by atoms with van der Waals surface area (Å²) < 4.78 is 14.3. The summed E-state index contributed by atoms with van der Waals surface area (Å²) >= 11 is 11.9. The number of nitrogens with two attached hydrogens (primary N) is 1. The van der Waals surface area contributed by atoms with Crippen molar-refractivity contribution >= 4 is 41.3 Å². The number of aliphatic hydroxyl groups excluding tert-OH is 1. The number of hydrogen-bond acceptors (Lipinski definition) is 8. The number of ether oxygens (including phenoxy) is 3. The standard InChI is InChI=1S/C20H25Cl2NO7/c1-5-9-28-19(27)30-18(26)15(20(2,3)4)16(23)13(24)10-29-17(25)14-11(21)7-6-8-12(14)22/h5-8,13,15-16,24H,1,9-10,23H2,2-4H3. The molecule has 0 saturated carbocycles. The Labute approximate surface area is 184 Å². The van der Waals surface area contributed by atoms with Crippen LogP contribution in [0.5, 0.6) is 0 Å². The third-order valence-electron chi connectivity index (χ3n) is 4.07. The Balaban J connectivity index is 2.85. The fourth-order valence-electron chi connectivity index (χ4n) is 2.65. The molecule has 10 heteroatoms. The highest BCUT2D eigenvalue weighted by atomic mass is 35.5. The molecule has 3 N–H and O–H groups in total. The van der Waals surface area contributed by atoms with Gasteiger partial charge in [0.1, 0.15) is 19.3 Å². The Morgan fingerprint density at radius 2 is 1.77 bits per heavy atom. The lowest BCUT2D eigenvalue weighted by Gasteiger charge is -2.34. The Bertz CT molecular complexity index is 772. The van der Waals surface area contributed by atoms with Gasteiger partial charge in [0.15, 0.2) is 0 Å². The zero-order valence-electron chi connectivity index (χ0n) is 16.9. The molecular formula is C20H25Cl2NO7. The second kappa shape index (κ2) is 11.3. The van der Waals surface area contributed by atoms with E-state index in [4.69, 9.17) is 33.7 Å². The van der Waals surface area contributed by atoms with Crippen molar-refractivity contribution in [2.45, 2.75) is 32.9 Å². The van der Waals surface area contributed by atoms with Crippen LogP contribution in [0.25, 0.3) is 0 Å². The SMILES string of the molecule is C=CCOC(=O)OC(=O)C(C(N)C(O)COC(=O)c1c(Cl)cccc1Cl)C(C)(C)C. The summed E-state index contributed by atoms with van der Waals surface area (Å²) in [4.78, 5) is 36.3. The Kier molecular flexibility index (Phi) is 9.77. The maximum absolute atomic E-state index is 12.5. The Morgan fingerprint density at radius 3 is 2.27 bits per heavy atom. The van der Waals surface area contributed by atoms with Crippen molar-refractivity contribution in [1.29, 1.82) is 0 Å². The van der Waals surface area contributed by atoms with Gasteiger partial charge in [0.2, 0.25) is 0 Å². The Morgan fingerprint density at radius 1 is 1.20 bits per heavy atom. The van der Waals surface area contributed by atoms with E-state index in [1.165, 1.54) is 18.2 Å². The van der Waals surface area contributed by atoms with E-state index in [9.17, 15) is 19.5 Å². The quantitative estimate of drug-likeness (QED) is 0.342. The van der Waals surface area contributed by atoms with Crippen molar-refractivity contribution in [2.24, 2.45) is 17.1 Å². The molecule has 30 heavy (non-hydrogen) atoms. The van der Waals surface area contributed by atoms with Gasteiger partial charge in [0, 0.05) is 6.04 Å². The van der Waals surface area contributed by atoms with Crippen molar-refractivity contribution in [1.82, 2.24) is 0 Å². The number of hydrogen-bond donors (Lipinski definition) is 2. The van der Waals surface area contributed by atoms with Crippen molar-refractivity contribution in [3.05, 3.63) is 46.5 Å². The van der Waals surface area contributed by atoms with Crippen LogP contribution in [0.4, 0.5) is 4.79 Å². The molecule has 3 atom stereocenters. The maximum atomic E-state index is 12.5. The predicted molar refractivity (Wildman–Crippen MR) is 111 cm³/mol. The fraction of sp³-hybridized carbons (Fsp3) is 0.450. The van der Waals surface area contributed by atoms with E-state index < -0.39 is 48.2 Å². The molecule has 8 nitrogen and oxygen atoms in total. The van der Waals surface area contributed by atoms with Gasteiger partial charge in [0.05, 0.1) is 21.5 Å². The molecule has 0 aliphatic rings. The molecule has 0 fully saturated rings. The van der Waals surface area contributed by atoms with Gasteiger partial charge in [-0.05, 0) is 17.5 Å². The van der Waals surface area contributed by atoms with Crippen molar-refractivity contribution < 1.29 is 33.7 Å². The summed E-state index contributed by atoms with van der Waals surface area (Å²) in [7, 11) is 0. The molecule has 0 aliphatic carbocycles. The van der Waals surface area contributed by atoms with Gasteiger partial charge < -0.3 is 25.1 Å². The zero-order chi connectivity index (χ0) is 23.1. The molecule has 1 rings (SSSR count). The van der Waals surface area contributed by atoms with Crippen molar-refractivity contribution in [3.8, 4) is 0 Å². The number of rotatable bonds is 8. The molecule has 166 valence electrons. The molecule has 0 saturated heterocycles. The Hall–Kier alpha value is -2.13. The fourth-order valence-corrected chi connectivity index (χ4v) is 3.20. The number of benzene rings is 1. The second-order valence-corrected chi connectivity index (χ2v) is 8.27. The van der Waals surface area contributed by atoms with Crippen LogP contribution >= 0.6 is 23.2 Å². The van der Waals surface area contributed by atoms with Crippen molar-refractivity contribution in [2.75, 3.05) is 13.2 Å². The van der Waals surface area contributed by atoms with Crippen LogP contribution in [0.3, 0.4) is 0 Å². The lowest BCUT2D eigenvalue weighted by Crippen LogP contribution is -2.52. The number of esters is 2. The number of carbonyl (C=O) groups excluding carboxylic acids is 3. The van der Waals surface area contributed by atoms with E-state index in [0.717, 1.165) is 0 Å². The predicted octanol–water partition coefficient (Wildman–Crippen LogP) is 3.37. The van der Waals surface area contributed by atoms with E-state index in [1.807, 2.05) is 0 Å². The van der Waals surface area contributed by atoms with E-state index in [1.54, 1.807) is 26.8 Å². The summed E-state index contributed by atoms with van der Waals surface area (Å²) in [5, 5.41) is 10.6. The van der Waals surface area contributed by atoms with E-state index in [2.05, 4.69) is 16.1 Å². The number of carbonyl (C=O) groups is 3. The summed E-state index contributed by atoms with van der Waals surface area (Å²) in [6.07, 6.45) is -1.35. The monoisotopic (exact) mass is 461 g/mol. The molecule has 0 aromatic heterocycles. The van der Waals surface area contributed by atoms with Gasteiger partial charge in [-0.2, -0.15) is 0 Å². The molecule has 0 heterocycles. The number of aliphatic hydroxyl groups is 1. The normalized spacial score (nSPS) is 14.2. The van der Waals surface area contributed by atoms with E-state index in [0.29, 0.717) is 0 Å². The average molecular weight is 462 g/mol. The summed E-state index contributed by atoms with van der Waals surface area (Å²) in [5.74, 6) is -2.96. The first-order valence-corrected chi connectivity index (χ1v) is 9.69. The van der Waals surface area contributed by atoms with Gasteiger partial charge in [-0.25, -0.2) is 9.59 Å². The summed E-state index contributed by atoms with van der Waals surface area (Å²) in [5.41, 5.74) is 5.19. The zero-order valence-corrected chi connectivity index (χ0v) is 18.4. The highest BCUT2D eigenvalue weighted by Crippen LogP contribution is 2.31. The molecule has 0 radical (unpaired) electrons. The maximum Gasteiger partial charge on any atom is 0.516 e. The van der Waals surface area contributed by atoms with Gasteiger partial charge in [-0.1, -0.05) is 62.7 Å². The summed E-state index contributed by atoms with van der Waals surface area (Å²) in [6, 6.07) is 3.26. The molecule has 0 bridgehead atoms. The number of halogens is 2. The van der Waals surface area contributed by atoms with Crippen LogP contribution in [-0.4, -0.2) is 48.6 Å². The van der Waals surface area contributed by atoms with Crippen LogP contribution in [0, 0.1) is 11.3 Å². The van der Waals surface area contributed by atoms with Gasteiger partial charge in [-0.3, -0.25) is 4.79 Å². The van der Waals surface area contributed by atoms with Gasteiger partial charge >= 0.3 is 18.1 Å². The molecule has 0 aliphatic heterocycles. The third kappa shape index (κ3) is 7.28. The van der Waals surface area contributed by atoms with Crippen LogP contribution in [0.1, 0.15) is 31.1 Å². The second-order valence-electron chi connectivity index (χ2n) is 7.45. The minimum Gasteiger partial charge on any atom is -0.459 e. The molecule has 3 unspecified atom stereocenters.